The lowest BCUT2D eigenvalue weighted by atomic mass is 9.93. The van der Waals surface area contributed by atoms with Crippen molar-refractivity contribution in [1.82, 2.24) is 20.0 Å². The van der Waals surface area contributed by atoms with Crippen molar-refractivity contribution in [3.63, 3.8) is 0 Å². The largest absolute Gasteiger partial charge is 0.408 e. The van der Waals surface area contributed by atoms with Crippen LogP contribution in [0, 0.1) is 0 Å². The number of para-hydroxylation sites is 1. The Morgan fingerprint density at radius 1 is 1.26 bits per heavy atom. The summed E-state index contributed by atoms with van der Waals surface area (Å²) in [6, 6.07) is 9.12. The number of alkyl halides is 3. The number of H-pyrrole nitrogens is 1. The molecule has 2 heterocycles. The summed E-state index contributed by atoms with van der Waals surface area (Å²) in [6.07, 6.45) is -3.65. The van der Waals surface area contributed by atoms with Crippen LogP contribution in [-0.4, -0.2) is 32.1 Å². The number of carbonyl (C=O) groups is 1. The minimum absolute atomic E-state index is 0.133. The van der Waals surface area contributed by atoms with E-state index in [9.17, 15) is 18.0 Å². The maximum atomic E-state index is 13.1. The number of nitrogens with one attached hydrogen (secondary N) is 2. The SMILES string of the molecule is NC(=O)c1nn(CC(F)(F)F)c2c1CCc1[nH]nc(Nc3ccccc3)c1-2. The average Bonchev–Trinajstić information content (AvgIpc) is 3.16. The number of rotatable bonds is 4. The molecule has 10 heteroatoms. The van der Waals surface area contributed by atoms with E-state index in [-0.39, 0.29) is 11.4 Å². The third-order valence-corrected chi connectivity index (χ3v) is 4.35. The highest BCUT2D eigenvalue weighted by atomic mass is 19.4. The highest BCUT2D eigenvalue weighted by Crippen LogP contribution is 2.40. The predicted octanol–water partition coefficient (Wildman–Crippen LogP) is 2.78. The summed E-state index contributed by atoms with van der Waals surface area (Å²) in [6.45, 7) is -1.32. The second kappa shape index (κ2) is 6.15. The van der Waals surface area contributed by atoms with Gasteiger partial charge < -0.3 is 11.1 Å². The van der Waals surface area contributed by atoms with Gasteiger partial charge in [-0.1, -0.05) is 18.2 Å². The van der Waals surface area contributed by atoms with Crippen molar-refractivity contribution in [3.05, 3.63) is 47.3 Å². The summed E-state index contributed by atoms with van der Waals surface area (Å²) >= 11 is 0. The molecule has 0 spiro atoms. The van der Waals surface area contributed by atoms with Gasteiger partial charge in [-0.2, -0.15) is 23.4 Å². The molecule has 2 aromatic heterocycles. The van der Waals surface area contributed by atoms with Crippen LogP contribution < -0.4 is 11.1 Å². The Hall–Kier alpha value is -3.30. The van der Waals surface area contributed by atoms with Crippen molar-refractivity contribution in [2.75, 3.05) is 5.32 Å². The Labute approximate surface area is 151 Å². The van der Waals surface area contributed by atoms with Crippen LogP contribution in [0.4, 0.5) is 24.7 Å². The number of primary amides is 1. The van der Waals surface area contributed by atoms with Gasteiger partial charge in [0.05, 0.1) is 11.3 Å². The summed E-state index contributed by atoms with van der Waals surface area (Å²) in [7, 11) is 0. The van der Waals surface area contributed by atoms with Gasteiger partial charge >= 0.3 is 6.18 Å². The fourth-order valence-electron chi connectivity index (χ4n) is 3.31. The third-order valence-electron chi connectivity index (χ3n) is 4.35. The molecule has 4 rings (SSSR count). The molecule has 140 valence electrons. The van der Waals surface area contributed by atoms with Crippen LogP contribution in [0.2, 0.25) is 0 Å². The van der Waals surface area contributed by atoms with Gasteiger partial charge in [-0.3, -0.25) is 14.6 Å². The molecule has 27 heavy (non-hydrogen) atoms. The molecule has 0 saturated carbocycles. The van der Waals surface area contributed by atoms with Crippen molar-refractivity contribution in [1.29, 1.82) is 0 Å². The smallest absolute Gasteiger partial charge is 0.364 e. The molecule has 1 aliphatic carbocycles. The highest BCUT2D eigenvalue weighted by molar-refractivity contribution is 5.96. The van der Waals surface area contributed by atoms with Crippen LogP contribution in [-0.2, 0) is 19.4 Å². The highest BCUT2D eigenvalue weighted by Gasteiger charge is 2.36. The molecule has 0 radical (unpaired) electrons. The number of aromatic amines is 1. The standard InChI is InChI=1S/C17H15F3N6O/c18-17(19,20)8-26-14-10(13(25-26)15(21)27)6-7-11-12(14)16(24-23-11)22-9-4-2-1-3-5-9/h1-5H,6-8H2,(H2,21,27)(H2,22,23,24). The summed E-state index contributed by atoms with van der Waals surface area (Å²) in [5.74, 6) is -0.479. The van der Waals surface area contributed by atoms with Crippen molar-refractivity contribution < 1.29 is 18.0 Å². The van der Waals surface area contributed by atoms with Crippen LogP contribution in [0.1, 0.15) is 21.7 Å². The number of benzene rings is 1. The van der Waals surface area contributed by atoms with Gasteiger partial charge in [0, 0.05) is 16.9 Å². The number of carbonyl (C=O) groups excluding carboxylic acids is 1. The predicted molar refractivity (Wildman–Crippen MR) is 91.5 cm³/mol. The first-order chi connectivity index (χ1) is 12.8. The first-order valence-corrected chi connectivity index (χ1v) is 8.19. The van der Waals surface area contributed by atoms with E-state index in [4.69, 9.17) is 5.73 Å². The fraction of sp³-hybridized carbons (Fsp3) is 0.235. The number of halogens is 3. The number of nitrogens with two attached hydrogens (primary N) is 1. The number of aryl methyl sites for hydroxylation is 1. The molecule has 0 saturated heterocycles. The van der Waals surface area contributed by atoms with Crippen LogP contribution in [0.15, 0.2) is 30.3 Å². The van der Waals surface area contributed by atoms with E-state index in [0.29, 0.717) is 35.5 Å². The van der Waals surface area contributed by atoms with E-state index in [1.165, 1.54) is 0 Å². The minimum Gasteiger partial charge on any atom is -0.364 e. The normalized spacial score (nSPS) is 13.1. The van der Waals surface area contributed by atoms with E-state index in [2.05, 4.69) is 20.6 Å². The maximum Gasteiger partial charge on any atom is 0.408 e. The first-order valence-electron chi connectivity index (χ1n) is 8.19. The van der Waals surface area contributed by atoms with Gasteiger partial charge in [0.2, 0.25) is 0 Å². The van der Waals surface area contributed by atoms with Crippen molar-refractivity contribution in [2.24, 2.45) is 5.73 Å². The molecule has 4 N–H and O–H groups in total. The number of nitrogens with zero attached hydrogens (tertiary/aromatic N) is 3. The van der Waals surface area contributed by atoms with Crippen molar-refractivity contribution >= 4 is 17.4 Å². The van der Waals surface area contributed by atoms with Gasteiger partial charge in [0.25, 0.3) is 5.91 Å². The summed E-state index contributed by atoms with van der Waals surface area (Å²) < 4.78 is 40.0. The Balaban J connectivity index is 1.86. The number of hydrogen-bond acceptors (Lipinski definition) is 4. The number of amides is 1. The Kier molecular flexibility index (Phi) is 3.90. The second-order valence-electron chi connectivity index (χ2n) is 6.23. The molecule has 0 unspecified atom stereocenters. The quantitative estimate of drug-likeness (QED) is 0.652. The Morgan fingerprint density at radius 2 is 2.00 bits per heavy atom. The molecule has 1 aromatic carbocycles. The molecule has 7 nitrogen and oxygen atoms in total. The molecular weight excluding hydrogens is 361 g/mol. The van der Waals surface area contributed by atoms with Crippen molar-refractivity contribution in [3.8, 4) is 11.3 Å². The number of fused-ring (bicyclic) bond motifs is 3. The number of hydrogen-bond donors (Lipinski definition) is 3. The zero-order valence-electron chi connectivity index (χ0n) is 14.0. The van der Waals surface area contributed by atoms with E-state index >= 15 is 0 Å². The number of aromatic nitrogens is 4. The van der Waals surface area contributed by atoms with Crippen LogP contribution >= 0.6 is 0 Å². The molecule has 0 atom stereocenters. The molecule has 0 bridgehead atoms. The van der Waals surface area contributed by atoms with Gasteiger partial charge in [0.15, 0.2) is 11.5 Å². The van der Waals surface area contributed by atoms with Crippen LogP contribution in [0.5, 0.6) is 0 Å². The van der Waals surface area contributed by atoms with Gasteiger partial charge in [0.1, 0.15) is 6.54 Å². The zero-order chi connectivity index (χ0) is 19.2. The lowest BCUT2D eigenvalue weighted by molar-refractivity contribution is -0.142. The van der Waals surface area contributed by atoms with E-state index in [0.717, 1.165) is 10.4 Å². The topological polar surface area (TPSA) is 102 Å². The molecule has 0 fully saturated rings. The van der Waals surface area contributed by atoms with E-state index in [1.54, 1.807) is 0 Å². The molecular formula is C17H15F3N6O. The summed E-state index contributed by atoms with van der Waals surface area (Å²) in [5, 5.41) is 14.0. The van der Waals surface area contributed by atoms with Crippen LogP contribution in [0.3, 0.4) is 0 Å². The minimum atomic E-state index is -4.50. The van der Waals surface area contributed by atoms with E-state index < -0.39 is 18.6 Å². The Bertz CT molecular complexity index is 1010. The molecule has 1 amide bonds. The lowest BCUT2D eigenvalue weighted by Crippen LogP contribution is -2.20. The second-order valence-corrected chi connectivity index (χ2v) is 6.23. The monoisotopic (exact) mass is 376 g/mol. The van der Waals surface area contributed by atoms with Gasteiger partial charge in [-0.15, -0.1) is 0 Å². The number of anilines is 2. The third kappa shape index (κ3) is 3.14. The summed E-state index contributed by atoms with van der Waals surface area (Å²) in [4.78, 5) is 11.7. The van der Waals surface area contributed by atoms with Gasteiger partial charge in [-0.25, -0.2) is 0 Å². The van der Waals surface area contributed by atoms with Crippen molar-refractivity contribution in [2.45, 2.75) is 25.6 Å². The Morgan fingerprint density at radius 3 is 2.67 bits per heavy atom. The molecule has 1 aliphatic rings. The molecule has 3 aromatic rings. The lowest BCUT2D eigenvalue weighted by Gasteiger charge is -2.17. The first kappa shape index (κ1) is 17.1. The van der Waals surface area contributed by atoms with Gasteiger partial charge in [-0.05, 0) is 25.0 Å². The fourth-order valence-corrected chi connectivity index (χ4v) is 3.31. The molecule has 0 aliphatic heterocycles. The zero-order valence-corrected chi connectivity index (χ0v) is 14.0. The maximum absolute atomic E-state index is 13.1. The van der Waals surface area contributed by atoms with Crippen LogP contribution in [0.25, 0.3) is 11.3 Å². The average molecular weight is 376 g/mol. The van der Waals surface area contributed by atoms with E-state index in [1.807, 2.05) is 30.3 Å². The summed E-state index contributed by atoms with van der Waals surface area (Å²) in [5.41, 5.74) is 7.72.